The number of carboxylic acids is 1. The Balaban J connectivity index is 1.81. The molecule has 1 saturated carbocycles. The van der Waals surface area contributed by atoms with Gasteiger partial charge in [-0.3, -0.25) is 4.79 Å². The summed E-state index contributed by atoms with van der Waals surface area (Å²) in [6.45, 7) is 1.57. The molecule has 0 saturated heterocycles. The van der Waals surface area contributed by atoms with E-state index in [9.17, 15) is 17.6 Å². The Hall–Kier alpha value is -1.93. The number of hydrogen-bond acceptors (Lipinski definition) is 4. The van der Waals surface area contributed by atoms with E-state index in [2.05, 4.69) is 4.72 Å². The van der Waals surface area contributed by atoms with Crippen molar-refractivity contribution >= 4 is 27.0 Å². The van der Waals surface area contributed by atoms with Crippen molar-refractivity contribution in [1.82, 2.24) is 4.72 Å². The third kappa shape index (κ3) is 3.16. The number of aryl methyl sites for hydroxylation is 1. The molecule has 1 fully saturated rings. The van der Waals surface area contributed by atoms with Gasteiger partial charge in [0, 0.05) is 17.0 Å². The van der Waals surface area contributed by atoms with E-state index in [0.717, 1.165) is 0 Å². The maximum absolute atomic E-state index is 13.3. The van der Waals surface area contributed by atoms with Gasteiger partial charge in [-0.2, -0.15) is 0 Å². The zero-order valence-corrected chi connectivity index (χ0v) is 13.9. The smallest absolute Gasteiger partial charge is 0.306 e. The van der Waals surface area contributed by atoms with Crippen molar-refractivity contribution in [3.05, 3.63) is 29.6 Å². The number of hydrogen-bond donors (Lipinski definition) is 2. The van der Waals surface area contributed by atoms with Gasteiger partial charge in [-0.05, 0) is 50.8 Å². The molecule has 0 radical (unpaired) electrons. The molecular weight excluding hydrogens is 337 g/mol. The van der Waals surface area contributed by atoms with Gasteiger partial charge in [0.15, 0.2) is 0 Å². The normalized spacial score (nSPS) is 21.9. The van der Waals surface area contributed by atoms with Crippen LogP contribution >= 0.6 is 0 Å². The topological polar surface area (TPSA) is 96.6 Å². The summed E-state index contributed by atoms with van der Waals surface area (Å²) in [4.78, 5) is 11.0. The highest BCUT2D eigenvalue weighted by Crippen LogP contribution is 2.30. The van der Waals surface area contributed by atoms with Gasteiger partial charge < -0.3 is 9.52 Å². The first-order chi connectivity index (χ1) is 11.3. The van der Waals surface area contributed by atoms with E-state index in [0.29, 0.717) is 42.2 Å². The lowest BCUT2D eigenvalue weighted by Crippen LogP contribution is -2.38. The van der Waals surface area contributed by atoms with Crippen molar-refractivity contribution in [2.75, 3.05) is 0 Å². The minimum atomic E-state index is -3.89. The number of halogens is 1. The van der Waals surface area contributed by atoms with Crippen LogP contribution < -0.4 is 4.72 Å². The molecule has 1 aliphatic rings. The van der Waals surface area contributed by atoms with Crippen LogP contribution in [0.2, 0.25) is 0 Å². The monoisotopic (exact) mass is 355 g/mol. The van der Waals surface area contributed by atoms with Crippen LogP contribution in [0.25, 0.3) is 11.0 Å². The number of furan rings is 1. The summed E-state index contributed by atoms with van der Waals surface area (Å²) >= 11 is 0. The van der Waals surface area contributed by atoms with Gasteiger partial charge in [0.25, 0.3) is 10.0 Å². The highest BCUT2D eigenvalue weighted by Gasteiger charge is 2.31. The molecule has 24 heavy (non-hydrogen) atoms. The van der Waals surface area contributed by atoms with Crippen molar-refractivity contribution in [3.63, 3.8) is 0 Å². The lowest BCUT2D eigenvalue weighted by molar-refractivity contribution is -0.142. The molecule has 0 aliphatic heterocycles. The Labute approximate surface area is 138 Å². The molecular formula is C16H18FNO5S. The van der Waals surface area contributed by atoms with E-state index in [-0.39, 0.29) is 11.1 Å². The van der Waals surface area contributed by atoms with Crippen LogP contribution in [0.4, 0.5) is 4.39 Å². The number of benzene rings is 1. The van der Waals surface area contributed by atoms with Crippen molar-refractivity contribution in [1.29, 1.82) is 0 Å². The van der Waals surface area contributed by atoms with Crippen LogP contribution in [-0.2, 0) is 14.8 Å². The van der Waals surface area contributed by atoms with Crippen LogP contribution in [0.1, 0.15) is 31.2 Å². The predicted octanol–water partition coefficient (Wildman–Crippen LogP) is 2.80. The van der Waals surface area contributed by atoms with Crippen LogP contribution in [0.15, 0.2) is 27.7 Å². The third-order valence-corrected chi connectivity index (χ3v) is 6.02. The minimum absolute atomic E-state index is 0.219. The zero-order valence-electron chi connectivity index (χ0n) is 13.1. The molecule has 1 aliphatic carbocycles. The predicted molar refractivity (Wildman–Crippen MR) is 84.6 cm³/mol. The molecule has 1 aromatic carbocycles. The fraction of sp³-hybridized carbons (Fsp3) is 0.438. The SMILES string of the molecule is Cc1c(S(=O)(=O)NC2CCC(C(=O)O)CC2)oc2ccc(F)cc12. The Morgan fingerprint density at radius 3 is 2.58 bits per heavy atom. The fourth-order valence-electron chi connectivity index (χ4n) is 3.16. The second-order valence-electron chi connectivity index (χ2n) is 6.16. The summed E-state index contributed by atoms with van der Waals surface area (Å²) in [5.74, 6) is -1.72. The van der Waals surface area contributed by atoms with Gasteiger partial charge in [0.2, 0.25) is 5.09 Å². The summed E-state index contributed by atoms with van der Waals surface area (Å²) in [6, 6.07) is 3.53. The van der Waals surface area contributed by atoms with E-state index < -0.39 is 27.7 Å². The van der Waals surface area contributed by atoms with Crippen molar-refractivity contribution in [2.45, 2.75) is 43.7 Å². The summed E-state index contributed by atoms with van der Waals surface area (Å²) in [5, 5.41) is 9.19. The first-order valence-electron chi connectivity index (χ1n) is 7.71. The lowest BCUT2D eigenvalue weighted by Gasteiger charge is -2.26. The number of sulfonamides is 1. The van der Waals surface area contributed by atoms with E-state index in [1.807, 2.05) is 0 Å². The molecule has 1 aromatic heterocycles. The third-order valence-electron chi connectivity index (χ3n) is 4.50. The van der Waals surface area contributed by atoms with E-state index in [4.69, 9.17) is 9.52 Å². The van der Waals surface area contributed by atoms with Gasteiger partial charge in [-0.1, -0.05) is 0 Å². The van der Waals surface area contributed by atoms with E-state index in [1.54, 1.807) is 6.92 Å². The maximum Gasteiger partial charge on any atom is 0.306 e. The van der Waals surface area contributed by atoms with Gasteiger partial charge in [-0.15, -0.1) is 0 Å². The Morgan fingerprint density at radius 2 is 1.96 bits per heavy atom. The average molecular weight is 355 g/mol. The second kappa shape index (κ2) is 6.18. The Morgan fingerprint density at radius 1 is 1.29 bits per heavy atom. The fourth-order valence-corrected chi connectivity index (χ4v) is 4.65. The van der Waals surface area contributed by atoms with Gasteiger partial charge >= 0.3 is 5.97 Å². The molecule has 0 amide bonds. The molecule has 0 bridgehead atoms. The molecule has 2 N–H and O–H groups in total. The first kappa shape index (κ1) is 16.9. The van der Waals surface area contributed by atoms with Crippen molar-refractivity contribution in [2.24, 2.45) is 5.92 Å². The molecule has 0 unspecified atom stereocenters. The van der Waals surface area contributed by atoms with Gasteiger partial charge in [0.1, 0.15) is 11.4 Å². The number of carbonyl (C=O) groups is 1. The minimum Gasteiger partial charge on any atom is -0.481 e. The number of rotatable bonds is 4. The van der Waals surface area contributed by atoms with Gasteiger partial charge in [-0.25, -0.2) is 17.5 Å². The highest BCUT2D eigenvalue weighted by molar-refractivity contribution is 7.89. The summed E-state index contributed by atoms with van der Waals surface area (Å²) < 4.78 is 46.5. The maximum atomic E-state index is 13.3. The van der Waals surface area contributed by atoms with E-state index in [1.165, 1.54) is 18.2 Å². The average Bonchev–Trinajstić information content (AvgIpc) is 2.85. The molecule has 130 valence electrons. The molecule has 0 atom stereocenters. The standard InChI is InChI=1S/C16H18FNO5S/c1-9-13-8-11(17)4-7-14(13)23-16(9)24(21,22)18-12-5-2-10(3-6-12)15(19)20/h4,7-8,10,12,18H,2-3,5-6H2,1H3,(H,19,20). The van der Waals surface area contributed by atoms with Crippen LogP contribution in [0.5, 0.6) is 0 Å². The lowest BCUT2D eigenvalue weighted by atomic mass is 9.87. The largest absolute Gasteiger partial charge is 0.481 e. The van der Waals surface area contributed by atoms with E-state index >= 15 is 0 Å². The van der Waals surface area contributed by atoms with Crippen molar-refractivity contribution < 1.29 is 27.1 Å². The molecule has 3 rings (SSSR count). The van der Waals surface area contributed by atoms with Crippen LogP contribution in [0, 0.1) is 18.7 Å². The van der Waals surface area contributed by atoms with Crippen LogP contribution in [-0.4, -0.2) is 25.5 Å². The molecule has 0 spiro atoms. The number of fused-ring (bicyclic) bond motifs is 1. The summed E-state index contributed by atoms with van der Waals surface area (Å²) in [5.41, 5.74) is 0.667. The first-order valence-corrected chi connectivity index (χ1v) is 9.20. The number of aliphatic carboxylic acids is 1. The highest BCUT2D eigenvalue weighted by atomic mass is 32.2. The van der Waals surface area contributed by atoms with Gasteiger partial charge in [0.05, 0.1) is 5.92 Å². The Kier molecular flexibility index (Phi) is 4.35. The Bertz CT molecular complexity index is 881. The number of carboxylic acid groups (broad SMARTS) is 1. The summed E-state index contributed by atoms with van der Waals surface area (Å²) in [6.07, 6.45) is 1.80. The zero-order chi connectivity index (χ0) is 17.5. The van der Waals surface area contributed by atoms with Crippen molar-refractivity contribution in [3.8, 4) is 0 Å². The van der Waals surface area contributed by atoms with Crippen LogP contribution in [0.3, 0.4) is 0 Å². The molecule has 2 aromatic rings. The number of nitrogens with one attached hydrogen (secondary N) is 1. The second-order valence-corrected chi connectivity index (χ2v) is 7.78. The molecule has 8 heteroatoms. The molecule has 6 nitrogen and oxygen atoms in total. The molecule has 1 heterocycles. The quantitative estimate of drug-likeness (QED) is 0.879. The summed E-state index contributed by atoms with van der Waals surface area (Å²) in [7, 11) is -3.89.